The molecule has 3 amide bonds. The highest BCUT2D eigenvalue weighted by atomic mass is 16.2. The zero-order valence-electron chi connectivity index (χ0n) is 17.3. The molecular weight excluding hydrogens is 392 g/mol. The Labute approximate surface area is 181 Å². The molecule has 2 aromatic rings. The number of hydrogen-bond acceptors (Lipinski definition) is 4. The molecule has 0 radical (unpaired) electrons. The fourth-order valence-electron chi connectivity index (χ4n) is 3.64. The Morgan fingerprint density at radius 1 is 0.935 bits per heavy atom. The van der Waals surface area contributed by atoms with E-state index >= 15 is 0 Å². The Hall–Kier alpha value is -3.66. The zero-order valence-corrected chi connectivity index (χ0v) is 17.3. The number of benzene rings is 2. The van der Waals surface area contributed by atoms with Crippen LogP contribution in [0.2, 0.25) is 0 Å². The molecule has 0 unspecified atom stereocenters. The maximum atomic E-state index is 12.5. The van der Waals surface area contributed by atoms with Crippen molar-refractivity contribution in [2.24, 2.45) is 5.92 Å². The summed E-state index contributed by atoms with van der Waals surface area (Å²) in [6.45, 7) is 0.288. The van der Waals surface area contributed by atoms with Gasteiger partial charge in [0.2, 0.25) is 11.8 Å². The number of nitrogens with zero attached hydrogens (tertiary/aromatic N) is 1. The van der Waals surface area contributed by atoms with E-state index in [-0.39, 0.29) is 36.6 Å². The van der Waals surface area contributed by atoms with Gasteiger partial charge < -0.3 is 16.0 Å². The van der Waals surface area contributed by atoms with Crippen LogP contribution in [0.25, 0.3) is 0 Å². The van der Waals surface area contributed by atoms with Gasteiger partial charge in [-0.1, -0.05) is 31.4 Å². The highest BCUT2D eigenvalue weighted by Crippen LogP contribution is 2.23. The molecule has 1 saturated carbocycles. The van der Waals surface area contributed by atoms with Crippen LogP contribution in [-0.4, -0.2) is 24.3 Å². The molecule has 3 N–H and O–H groups in total. The van der Waals surface area contributed by atoms with Gasteiger partial charge in [-0.2, -0.15) is 5.26 Å². The van der Waals surface area contributed by atoms with E-state index in [9.17, 15) is 14.4 Å². The molecule has 160 valence electrons. The number of anilines is 2. The molecule has 0 heterocycles. The quantitative estimate of drug-likeness (QED) is 0.634. The molecule has 1 fully saturated rings. The molecule has 0 aromatic heterocycles. The van der Waals surface area contributed by atoms with Gasteiger partial charge in [-0.25, -0.2) is 0 Å². The predicted octanol–water partition coefficient (Wildman–Crippen LogP) is 3.84. The number of rotatable bonds is 7. The third-order valence-corrected chi connectivity index (χ3v) is 5.29. The van der Waals surface area contributed by atoms with E-state index in [1.165, 1.54) is 6.42 Å². The van der Waals surface area contributed by atoms with Gasteiger partial charge in [0.1, 0.15) is 0 Å². The fourth-order valence-corrected chi connectivity index (χ4v) is 3.64. The molecule has 1 aliphatic rings. The first-order chi connectivity index (χ1) is 15.0. The van der Waals surface area contributed by atoms with E-state index in [1.54, 1.807) is 48.5 Å². The van der Waals surface area contributed by atoms with E-state index in [2.05, 4.69) is 16.0 Å². The predicted molar refractivity (Wildman–Crippen MR) is 118 cm³/mol. The minimum absolute atomic E-state index is 0.0339. The summed E-state index contributed by atoms with van der Waals surface area (Å²) in [5, 5.41) is 17.3. The SMILES string of the molecule is N#Cc1cccc(NC(=O)c2cccc(NC(=O)CCNC(=O)C3CCCCC3)c2)c1. The summed E-state index contributed by atoms with van der Waals surface area (Å²) in [4.78, 5) is 36.9. The van der Waals surface area contributed by atoms with E-state index in [1.807, 2.05) is 6.07 Å². The molecule has 0 atom stereocenters. The van der Waals surface area contributed by atoms with Crippen LogP contribution in [0.4, 0.5) is 11.4 Å². The topological polar surface area (TPSA) is 111 Å². The van der Waals surface area contributed by atoms with E-state index in [0.717, 1.165) is 25.7 Å². The van der Waals surface area contributed by atoms with Crippen LogP contribution in [0.15, 0.2) is 48.5 Å². The minimum Gasteiger partial charge on any atom is -0.355 e. The molecule has 2 aromatic carbocycles. The van der Waals surface area contributed by atoms with Gasteiger partial charge in [-0.05, 0) is 49.2 Å². The van der Waals surface area contributed by atoms with Crippen LogP contribution in [-0.2, 0) is 9.59 Å². The summed E-state index contributed by atoms with van der Waals surface area (Å²) < 4.78 is 0. The fraction of sp³-hybridized carbons (Fsp3) is 0.333. The summed E-state index contributed by atoms with van der Waals surface area (Å²) in [7, 11) is 0. The summed E-state index contributed by atoms with van der Waals surface area (Å²) >= 11 is 0. The Morgan fingerprint density at radius 2 is 1.65 bits per heavy atom. The van der Waals surface area contributed by atoms with Crippen molar-refractivity contribution in [1.82, 2.24) is 5.32 Å². The van der Waals surface area contributed by atoms with Crippen LogP contribution in [0.5, 0.6) is 0 Å². The molecule has 7 heteroatoms. The molecule has 0 bridgehead atoms. The van der Waals surface area contributed by atoms with Crippen LogP contribution in [0, 0.1) is 17.2 Å². The number of nitriles is 1. The highest BCUT2D eigenvalue weighted by Gasteiger charge is 2.20. The van der Waals surface area contributed by atoms with Gasteiger partial charge in [0.15, 0.2) is 0 Å². The zero-order chi connectivity index (χ0) is 22.1. The second kappa shape index (κ2) is 10.9. The molecule has 0 spiro atoms. The Bertz CT molecular complexity index is 990. The largest absolute Gasteiger partial charge is 0.355 e. The van der Waals surface area contributed by atoms with Gasteiger partial charge in [0.25, 0.3) is 5.91 Å². The van der Waals surface area contributed by atoms with Crippen LogP contribution < -0.4 is 16.0 Å². The second-order valence-electron chi connectivity index (χ2n) is 7.65. The smallest absolute Gasteiger partial charge is 0.255 e. The van der Waals surface area contributed by atoms with Crippen molar-refractivity contribution in [1.29, 1.82) is 5.26 Å². The average Bonchev–Trinajstić information content (AvgIpc) is 2.80. The van der Waals surface area contributed by atoms with Crippen molar-refractivity contribution in [3.8, 4) is 6.07 Å². The second-order valence-corrected chi connectivity index (χ2v) is 7.65. The maximum Gasteiger partial charge on any atom is 0.255 e. The monoisotopic (exact) mass is 418 g/mol. The Kier molecular flexibility index (Phi) is 7.77. The minimum atomic E-state index is -0.342. The molecule has 31 heavy (non-hydrogen) atoms. The van der Waals surface area contributed by atoms with Crippen LogP contribution in [0.1, 0.15) is 54.4 Å². The van der Waals surface area contributed by atoms with Gasteiger partial charge in [0, 0.05) is 35.8 Å². The average molecular weight is 418 g/mol. The van der Waals surface area contributed by atoms with Gasteiger partial charge in [-0.3, -0.25) is 14.4 Å². The maximum absolute atomic E-state index is 12.5. The first kappa shape index (κ1) is 22.0. The summed E-state index contributed by atoms with van der Waals surface area (Å²) in [5.74, 6) is -0.471. The van der Waals surface area contributed by atoms with E-state index in [0.29, 0.717) is 22.5 Å². The van der Waals surface area contributed by atoms with Crippen LogP contribution >= 0.6 is 0 Å². The van der Waals surface area contributed by atoms with E-state index < -0.39 is 0 Å². The van der Waals surface area contributed by atoms with Gasteiger partial charge >= 0.3 is 0 Å². The van der Waals surface area contributed by atoms with E-state index in [4.69, 9.17) is 5.26 Å². The number of nitrogens with one attached hydrogen (secondary N) is 3. The highest BCUT2D eigenvalue weighted by molar-refractivity contribution is 6.05. The third-order valence-electron chi connectivity index (χ3n) is 5.29. The van der Waals surface area contributed by atoms with Crippen molar-refractivity contribution in [2.75, 3.05) is 17.2 Å². The standard InChI is InChI=1S/C24H26N4O3/c25-16-17-6-4-10-20(14-17)28-24(31)19-9-5-11-21(15-19)27-22(29)12-13-26-23(30)18-7-2-1-3-8-18/h4-6,9-11,14-15,18H,1-3,7-8,12-13H2,(H,26,30)(H,27,29)(H,28,31). The number of amides is 3. The Balaban J connectivity index is 1.49. The first-order valence-corrected chi connectivity index (χ1v) is 10.5. The summed E-state index contributed by atoms with van der Waals surface area (Å²) in [6.07, 6.45) is 5.38. The lowest BCUT2D eigenvalue weighted by Gasteiger charge is -2.20. The van der Waals surface area contributed by atoms with Crippen LogP contribution in [0.3, 0.4) is 0 Å². The molecular formula is C24H26N4O3. The lowest BCUT2D eigenvalue weighted by atomic mass is 9.89. The number of carbonyl (C=O) groups is 3. The van der Waals surface area contributed by atoms with Crippen molar-refractivity contribution >= 4 is 29.1 Å². The van der Waals surface area contributed by atoms with Crippen molar-refractivity contribution in [3.63, 3.8) is 0 Å². The third kappa shape index (κ3) is 6.68. The molecule has 0 saturated heterocycles. The lowest BCUT2D eigenvalue weighted by Crippen LogP contribution is -2.34. The van der Waals surface area contributed by atoms with Crippen molar-refractivity contribution in [2.45, 2.75) is 38.5 Å². The Morgan fingerprint density at radius 3 is 2.39 bits per heavy atom. The molecule has 1 aliphatic carbocycles. The molecule has 3 rings (SSSR count). The summed E-state index contributed by atoms with van der Waals surface area (Å²) in [6, 6.07) is 15.3. The lowest BCUT2D eigenvalue weighted by molar-refractivity contribution is -0.126. The molecule has 7 nitrogen and oxygen atoms in total. The van der Waals surface area contributed by atoms with Gasteiger partial charge in [0.05, 0.1) is 11.6 Å². The first-order valence-electron chi connectivity index (χ1n) is 10.5. The van der Waals surface area contributed by atoms with Crippen molar-refractivity contribution in [3.05, 3.63) is 59.7 Å². The number of hydrogen-bond donors (Lipinski definition) is 3. The van der Waals surface area contributed by atoms with Gasteiger partial charge in [-0.15, -0.1) is 0 Å². The normalized spacial score (nSPS) is 13.6. The number of carbonyl (C=O) groups excluding carboxylic acids is 3. The van der Waals surface area contributed by atoms with Crippen molar-refractivity contribution < 1.29 is 14.4 Å². The summed E-state index contributed by atoms with van der Waals surface area (Å²) in [5.41, 5.74) is 1.86. The molecule has 0 aliphatic heterocycles.